The molecule has 1 aromatic carbocycles. The molecule has 0 spiro atoms. The van der Waals surface area contributed by atoms with E-state index < -0.39 is 0 Å². The van der Waals surface area contributed by atoms with Crippen molar-refractivity contribution in [3.63, 3.8) is 0 Å². The van der Waals surface area contributed by atoms with Crippen molar-refractivity contribution in [1.29, 1.82) is 0 Å². The van der Waals surface area contributed by atoms with Crippen LogP contribution in [0.3, 0.4) is 0 Å². The molecule has 2 nitrogen and oxygen atoms in total. The molecule has 1 aromatic rings. The first kappa shape index (κ1) is 16.5. The summed E-state index contributed by atoms with van der Waals surface area (Å²) < 4.78 is 6.49. The number of rotatable bonds is 8. The van der Waals surface area contributed by atoms with E-state index in [9.17, 15) is 0 Å². The fraction of sp³-hybridized carbons (Fsp3) is 0.625. The molecule has 0 aliphatic heterocycles. The van der Waals surface area contributed by atoms with Crippen molar-refractivity contribution in [3.8, 4) is 5.75 Å². The molecule has 3 heteroatoms. The Bertz CT molecular complexity index is 379. The van der Waals surface area contributed by atoms with Crippen molar-refractivity contribution < 1.29 is 4.74 Å². The van der Waals surface area contributed by atoms with Crippen molar-refractivity contribution >= 4 is 15.9 Å². The van der Waals surface area contributed by atoms with Gasteiger partial charge in [-0.2, -0.15) is 0 Å². The first-order chi connectivity index (χ1) is 9.08. The third-order valence-corrected chi connectivity index (χ3v) is 4.03. The van der Waals surface area contributed by atoms with Gasteiger partial charge in [0.1, 0.15) is 5.75 Å². The predicted octanol–water partition coefficient (Wildman–Crippen LogP) is 4.93. The van der Waals surface area contributed by atoms with Gasteiger partial charge in [0.05, 0.1) is 7.11 Å². The summed E-state index contributed by atoms with van der Waals surface area (Å²) in [5, 5.41) is 3.58. The zero-order valence-corrected chi connectivity index (χ0v) is 14.1. The molecule has 0 aromatic heterocycles. The third-order valence-electron chi connectivity index (χ3n) is 3.30. The summed E-state index contributed by atoms with van der Waals surface area (Å²) >= 11 is 3.66. The quantitative estimate of drug-likeness (QED) is 0.730. The molecule has 1 N–H and O–H groups in total. The Morgan fingerprint density at radius 1 is 1.26 bits per heavy atom. The van der Waals surface area contributed by atoms with Gasteiger partial charge in [-0.15, -0.1) is 0 Å². The van der Waals surface area contributed by atoms with Crippen molar-refractivity contribution in [2.24, 2.45) is 5.92 Å². The van der Waals surface area contributed by atoms with Gasteiger partial charge in [0.15, 0.2) is 0 Å². The molecule has 0 saturated heterocycles. The average molecular weight is 328 g/mol. The molecule has 0 fully saturated rings. The summed E-state index contributed by atoms with van der Waals surface area (Å²) in [4.78, 5) is 0. The zero-order chi connectivity index (χ0) is 14.3. The summed E-state index contributed by atoms with van der Waals surface area (Å²) in [6, 6.07) is 6.59. The summed E-state index contributed by atoms with van der Waals surface area (Å²) in [5.74, 6) is 1.70. The molecular weight excluding hydrogens is 302 g/mol. The van der Waals surface area contributed by atoms with E-state index in [2.05, 4.69) is 54.2 Å². The van der Waals surface area contributed by atoms with E-state index in [4.69, 9.17) is 4.74 Å². The number of ether oxygens (including phenoxy) is 1. The van der Waals surface area contributed by atoms with Gasteiger partial charge < -0.3 is 10.1 Å². The van der Waals surface area contributed by atoms with Gasteiger partial charge in [0.2, 0.25) is 0 Å². The number of halogens is 1. The van der Waals surface area contributed by atoms with E-state index in [1.807, 2.05) is 6.07 Å². The highest BCUT2D eigenvalue weighted by molar-refractivity contribution is 9.10. The average Bonchev–Trinajstić information content (AvgIpc) is 2.38. The van der Waals surface area contributed by atoms with Crippen LogP contribution in [0, 0.1) is 5.92 Å². The fourth-order valence-electron chi connectivity index (χ4n) is 2.26. The fourth-order valence-corrected chi connectivity index (χ4v) is 2.78. The zero-order valence-electron chi connectivity index (χ0n) is 12.5. The van der Waals surface area contributed by atoms with Gasteiger partial charge in [-0.1, -0.05) is 49.5 Å². The van der Waals surface area contributed by atoms with Crippen LogP contribution >= 0.6 is 15.9 Å². The molecule has 108 valence electrons. The van der Waals surface area contributed by atoms with Crippen LogP contribution in [-0.4, -0.2) is 13.7 Å². The first-order valence-corrected chi connectivity index (χ1v) is 7.94. The lowest BCUT2D eigenvalue weighted by atomic mass is 9.98. The molecule has 19 heavy (non-hydrogen) atoms. The molecule has 1 unspecified atom stereocenters. The molecule has 0 bridgehead atoms. The smallest absolute Gasteiger partial charge is 0.119 e. The summed E-state index contributed by atoms with van der Waals surface area (Å²) in [5.41, 5.74) is 1.30. The van der Waals surface area contributed by atoms with E-state index in [0.717, 1.165) is 29.1 Å². The maximum atomic E-state index is 5.33. The normalized spacial score (nSPS) is 12.7. The number of hydrogen-bond donors (Lipinski definition) is 1. The highest BCUT2D eigenvalue weighted by atomic mass is 79.9. The molecule has 0 saturated carbocycles. The van der Waals surface area contributed by atoms with E-state index in [-0.39, 0.29) is 0 Å². The summed E-state index contributed by atoms with van der Waals surface area (Å²) in [6.45, 7) is 7.70. The van der Waals surface area contributed by atoms with Crippen LogP contribution in [0.1, 0.15) is 51.6 Å². The van der Waals surface area contributed by atoms with Crippen LogP contribution in [0.4, 0.5) is 0 Å². The van der Waals surface area contributed by atoms with Crippen LogP contribution in [-0.2, 0) is 0 Å². The maximum Gasteiger partial charge on any atom is 0.119 e. The SMILES string of the molecule is CCNC(CCCC(C)C)c1cc(OC)ccc1Br. The largest absolute Gasteiger partial charge is 0.497 e. The second kappa shape index (κ2) is 8.60. The Hall–Kier alpha value is -0.540. The predicted molar refractivity (Wildman–Crippen MR) is 85.8 cm³/mol. The maximum absolute atomic E-state index is 5.33. The van der Waals surface area contributed by atoms with Gasteiger partial charge in [0, 0.05) is 10.5 Å². The molecule has 0 heterocycles. The number of methoxy groups -OCH3 is 1. The standard InChI is InChI=1S/C16H26BrNO/c1-5-18-16(8-6-7-12(2)3)14-11-13(19-4)9-10-15(14)17/h9-12,16,18H,5-8H2,1-4H3. The van der Waals surface area contributed by atoms with Crippen LogP contribution < -0.4 is 10.1 Å². The Kier molecular flexibility index (Phi) is 7.47. The van der Waals surface area contributed by atoms with Crippen molar-refractivity contribution in [1.82, 2.24) is 5.32 Å². The summed E-state index contributed by atoms with van der Waals surface area (Å²) in [6.07, 6.45) is 3.69. The van der Waals surface area contributed by atoms with Crippen molar-refractivity contribution in [2.45, 2.75) is 46.1 Å². The lowest BCUT2D eigenvalue weighted by molar-refractivity contribution is 0.410. The Labute approximate surface area is 126 Å². The molecule has 0 aliphatic carbocycles. The molecule has 0 aliphatic rings. The minimum absolute atomic E-state index is 0.397. The number of benzene rings is 1. The van der Waals surface area contributed by atoms with Crippen LogP contribution in [0.5, 0.6) is 5.75 Å². The van der Waals surface area contributed by atoms with E-state index in [1.165, 1.54) is 18.4 Å². The van der Waals surface area contributed by atoms with Gasteiger partial charge in [-0.25, -0.2) is 0 Å². The monoisotopic (exact) mass is 327 g/mol. The second-order valence-electron chi connectivity index (χ2n) is 5.32. The third kappa shape index (κ3) is 5.53. The number of nitrogens with one attached hydrogen (secondary N) is 1. The van der Waals surface area contributed by atoms with Crippen molar-refractivity contribution in [3.05, 3.63) is 28.2 Å². The topological polar surface area (TPSA) is 21.3 Å². The molecule has 0 amide bonds. The van der Waals surface area contributed by atoms with Gasteiger partial charge in [-0.05, 0) is 42.6 Å². The first-order valence-electron chi connectivity index (χ1n) is 7.15. The molecular formula is C16H26BrNO. The highest BCUT2D eigenvalue weighted by Gasteiger charge is 2.14. The highest BCUT2D eigenvalue weighted by Crippen LogP contribution is 2.30. The Balaban J connectivity index is 2.79. The Morgan fingerprint density at radius 3 is 2.58 bits per heavy atom. The van der Waals surface area contributed by atoms with Crippen LogP contribution in [0.2, 0.25) is 0 Å². The molecule has 1 rings (SSSR count). The van der Waals surface area contributed by atoms with Crippen LogP contribution in [0.15, 0.2) is 22.7 Å². The molecule has 0 radical (unpaired) electrons. The van der Waals surface area contributed by atoms with E-state index >= 15 is 0 Å². The van der Waals surface area contributed by atoms with Gasteiger partial charge in [0.25, 0.3) is 0 Å². The molecule has 1 atom stereocenters. The Morgan fingerprint density at radius 2 is 2.00 bits per heavy atom. The lowest BCUT2D eigenvalue weighted by Crippen LogP contribution is -2.21. The van der Waals surface area contributed by atoms with E-state index in [0.29, 0.717) is 6.04 Å². The second-order valence-corrected chi connectivity index (χ2v) is 6.18. The minimum Gasteiger partial charge on any atom is -0.497 e. The minimum atomic E-state index is 0.397. The van der Waals surface area contributed by atoms with Gasteiger partial charge >= 0.3 is 0 Å². The van der Waals surface area contributed by atoms with E-state index in [1.54, 1.807) is 7.11 Å². The van der Waals surface area contributed by atoms with Gasteiger partial charge in [-0.3, -0.25) is 0 Å². The van der Waals surface area contributed by atoms with Crippen LogP contribution in [0.25, 0.3) is 0 Å². The summed E-state index contributed by atoms with van der Waals surface area (Å²) in [7, 11) is 1.72. The lowest BCUT2D eigenvalue weighted by Gasteiger charge is -2.21. The number of hydrogen-bond acceptors (Lipinski definition) is 2. The van der Waals surface area contributed by atoms with Crippen molar-refractivity contribution in [2.75, 3.05) is 13.7 Å².